The van der Waals surface area contributed by atoms with Gasteiger partial charge in [-0.25, -0.2) is 9.67 Å². The summed E-state index contributed by atoms with van der Waals surface area (Å²) in [6.07, 6.45) is 3.33. The van der Waals surface area contributed by atoms with Crippen molar-refractivity contribution in [2.24, 2.45) is 0 Å². The molecule has 1 heterocycles. The molecule has 0 aliphatic heterocycles. The maximum absolute atomic E-state index is 11.8. The van der Waals surface area contributed by atoms with Gasteiger partial charge in [0.25, 0.3) is 0 Å². The lowest BCUT2D eigenvalue weighted by atomic mass is 10.1. The second-order valence-electron chi connectivity index (χ2n) is 4.45. The van der Waals surface area contributed by atoms with E-state index in [9.17, 15) is 4.79 Å². The molecule has 2 rings (SSSR count). The lowest BCUT2D eigenvalue weighted by Crippen LogP contribution is -2.19. The van der Waals surface area contributed by atoms with Crippen LogP contribution in [0.25, 0.3) is 0 Å². The molecule has 1 amide bonds. The zero-order chi connectivity index (χ0) is 15.1. The molecule has 0 fully saturated rings. The van der Waals surface area contributed by atoms with E-state index in [1.807, 2.05) is 19.1 Å². The number of carbonyl (C=O) groups excluding carboxylic acids is 1. The number of carbonyl (C=O) groups is 1. The number of aliphatic hydroxyl groups is 1. The molecule has 0 atom stereocenters. The number of aryl methyl sites for hydroxylation is 1. The smallest absolute Gasteiger partial charge is 0.246 e. The predicted molar refractivity (Wildman–Crippen MR) is 78.4 cm³/mol. The average molecular weight is 284 g/mol. The topological polar surface area (TPSA) is 80.0 Å². The van der Waals surface area contributed by atoms with Gasteiger partial charge in [0, 0.05) is 17.7 Å². The summed E-state index contributed by atoms with van der Waals surface area (Å²) in [5.41, 5.74) is 2.57. The highest BCUT2D eigenvalue weighted by atomic mass is 16.2. The van der Waals surface area contributed by atoms with Crippen LogP contribution in [0.15, 0.2) is 30.9 Å². The van der Waals surface area contributed by atoms with E-state index in [2.05, 4.69) is 27.2 Å². The maximum Gasteiger partial charge on any atom is 0.246 e. The Morgan fingerprint density at radius 3 is 3.00 bits per heavy atom. The monoisotopic (exact) mass is 284 g/mol. The van der Waals surface area contributed by atoms with Crippen molar-refractivity contribution in [3.05, 3.63) is 42.0 Å². The molecule has 2 N–H and O–H groups in total. The van der Waals surface area contributed by atoms with E-state index >= 15 is 0 Å². The number of aromatic nitrogens is 3. The Bertz CT molecular complexity index is 669. The summed E-state index contributed by atoms with van der Waals surface area (Å²) >= 11 is 0. The third kappa shape index (κ3) is 4.44. The average Bonchev–Trinajstić information content (AvgIpc) is 2.94. The second-order valence-corrected chi connectivity index (χ2v) is 4.45. The molecule has 21 heavy (non-hydrogen) atoms. The third-order valence-corrected chi connectivity index (χ3v) is 2.74. The normalized spacial score (nSPS) is 9.81. The Kier molecular flexibility index (Phi) is 5.07. The molecule has 108 valence electrons. The first-order valence-electron chi connectivity index (χ1n) is 6.51. The molecular formula is C15H16N4O2. The number of benzene rings is 1. The van der Waals surface area contributed by atoms with E-state index < -0.39 is 0 Å². The number of amides is 1. The van der Waals surface area contributed by atoms with Crippen LogP contribution in [0.1, 0.15) is 17.5 Å². The number of hydrogen-bond acceptors (Lipinski definition) is 4. The number of aliphatic hydroxyl groups excluding tert-OH is 1. The highest BCUT2D eigenvalue weighted by Crippen LogP contribution is 2.14. The molecule has 0 bridgehead atoms. The van der Waals surface area contributed by atoms with E-state index in [4.69, 9.17) is 5.11 Å². The van der Waals surface area contributed by atoms with Crippen LogP contribution in [-0.2, 0) is 11.3 Å². The number of rotatable bonds is 4. The van der Waals surface area contributed by atoms with Crippen molar-refractivity contribution in [2.45, 2.75) is 19.9 Å². The fourth-order valence-electron chi connectivity index (χ4n) is 1.76. The van der Waals surface area contributed by atoms with Crippen molar-refractivity contribution in [1.82, 2.24) is 14.8 Å². The molecule has 6 heteroatoms. The molecule has 0 saturated carbocycles. The van der Waals surface area contributed by atoms with Gasteiger partial charge in [0.1, 0.15) is 19.2 Å². The van der Waals surface area contributed by atoms with Crippen molar-refractivity contribution >= 4 is 11.6 Å². The standard InChI is InChI=1S/C15H16N4O2/c1-12-8-14(6-5-13(12)4-2-3-7-20)18-15(21)9-19-11-16-10-17-19/h5-6,8,10-11,20H,3,7,9H2,1H3,(H,18,21). The summed E-state index contributed by atoms with van der Waals surface area (Å²) in [5.74, 6) is 5.69. The van der Waals surface area contributed by atoms with E-state index in [0.29, 0.717) is 12.1 Å². The third-order valence-electron chi connectivity index (χ3n) is 2.74. The van der Waals surface area contributed by atoms with Crippen LogP contribution < -0.4 is 5.32 Å². The van der Waals surface area contributed by atoms with Gasteiger partial charge in [0.05, 0.1) is 6.61 Å². The van der Waals surface area contributed by atoms with E-state index in [1.54, 1.807) is 6.07 Å². The van der Waals surface area contributed by atoms with Crippen molar-refractivity contribution in [3.8, 4) is 11.8 Å². The molecule has 0 aliphatic rings. The van der Waals surface area contributed by atoms with Gasteiger partial charge in [-0.15, -0.1) is 0 Å². The van der Waals surface area contributed by atoms with Crippen LogP contribution in [0.4, 0.5) is 5.69 Å². The Morgan fingerprint density at radius 2 is 2.33 bits per heavy atom. The lowest BCUT2D eigenvalue weighted by molar-refractivity contribution is -0.116. The van der Waals surface area contributed by atoms with Gasteiger partial charge in [-0.05, 0) is 30.7 Å². The van der Waals surface area contributed by atoms with Crippen molar-refractivity contribution in [2.75, 3.05) is 11.9 Å². The van der Waals surface area contributed by atoms with Crippen LogP contribution in [0.2, 0.25) is 0 Å². The van der Waals surface area contributed by atoms with Crippen molar-refractivity contribution < 1.29 is 9.90 Å². The predicted octanol–water partition coefficient (Wildman–Crippen LogP) is 0.959. The Labute approximate surface area is 122 Å². The summed E-state index contributed by atoms with van der Waals surface area (Å²) < 4.78 is 1.46. The van der Waals surface area contributed by atoms with Crippen molar-refractivity contribution in [1.29, 1.82) is 0 Å². The van der Waals surface area contributed by atoms with Gasteiger partial charge in [-0.1, -0.05) is 11.8 Å². The van der Waals surface area contributed by atoms with Crippen molar-refractivity contribution in [3.63, 3.8) is 0 Å². The number of nitrogens with one attached hydrogen (secondary N) is 1. The molecule has 0 saturated heterocycles. The van der Waals surface area contributed by atoms with E-state index in [0.717, 1.165) is 11.1 Å². The maximum atomic E-state index is 11.8. The minimum Gasteiger partial charge on any atom is -0.395 e. The SMILES string of the molecule is Cc1cc(NC(=O)Cn2cncn2)ccc1C#CCCO. The highest BCUT2D eigenvalue weighted by molar-refractivity contribution is 5.90. The van der Waals surface area contributed by atoms with Gasteiger partial charge in [0.2, 0.25) is 5.91 Å². The summed E-state index contributed by atoms with van der Waals surface area (Å²) in [6.45, 7) is 2.11. The number of nitrogens with zero attached hydrogens (tertiary/aromatic N) is 3. The first-order chi connectivity index (χ1) is 10.2. The Morgan fingerprint density at radius 1 is 1.48 bits per heavy atom. The van der Waals surface area contributed by atoms with Crippen LogP contribution >= 0.6 is 0 Å². The van der Waals surface area contributed by atoms with Gasteiger partial charge >= 0.3 is 0 Å². The molecule has 1 aromatic carbocycles. The van der Waals surface area contributed by atoms with Crippen LogP contribution in [-0.4, -0.2) is 32.4 Å². The fourth-order valence-corrected chi connectivity index (χ4v) is 1.76. The fraction of sp³-hybridized carbons (Fsp3) is 0.267. The molecule has 2 aromatic rings. The summed E-state index contributed by atoms with van der Waals surface area (Å²) in [4.78, 5) is 15.6. The van der Waals surface area contributed by atoms with Gasteiger partial charge < -0.3 is 10.4 Å². The molecule has 6 nitrogen and oxygen atoms in total. The molecule has 0 radical (unpaired) electrons. The van der Waals surface area contributed by atoms with E-state index in [-0.39, 0.29) is 19.1 Å². The quantitative estimate of drug-likeness (QED) is 0.820. The summed E-state index contributed by atoms with van der Waals surface area (Å²) in [6, 6.07) is 5.52. The molecule has 0 spiro atoms. The van der Waals surface area contributed by atoms with E-state index in [1.165, 1.54) is 17.3 Å². The molecule has 0 aliphatic carbocycles. The lowest BCUT2D eigenvalue weighted by Gasteiger charge is -2.07. The number of hydrogen-bond donors (Lipinski definition) is 2. The zero-order valence-corrected chi connectivity index (χ0v) is 11.7. The van der Waals surface area contributed by atoms with Gasteiger partial charge in [-0.3, -0.25) is 4.79 Å². The Balaban J connectivity index is 2.00. The zero-order valence-electron chi connectivity index (χ0n) is 11.7. The molecule has 0 unspecified atom stereocenters. The first kappa shape index (κ1) is 14.8. The summed E-state index contributed by atoms with van der Waals surface area (Å²) in [7, 11) is 0. The minimum absolute atomic E-state index is 0.0580. The van der Waals surface area contributed by atoms with Crippen LogP contribution in [0, 0.1) is 18.8 Å². The molecule has 1 aromatic heterocycles. The Hall–Kier alpha value is -2.65. The minimum atomic E-state index is -0.168. The van der Waals surface area contributed by atoms with Gasteiger partial charge in [-0.2, -0.15) is 5.10 Å². The van der Waals surface area contributed by atoms with Crippen LogP contribution in [0.5, 0.6) is 0 Å². The van der Waals surface area contributed by atoms with Gasteiger partial charge in [0.15, 0.2) is 0 Å². The van der Waals surface area contributed by atoms with Crippen LogP contribution in [0.3, 0.4) is 0 Å². The first-order valence-corrected chi connectivity index (χ1v) is 6.51. The highest BCUT2D eigenvalue weighted by Gasteiger charge is 2.05. The number of anilines is 1. The largest absolute Gasteiger partial charge is 0.395 e. The summed E-state index contributed by atoms with van der Waals surface area (Å²) in [5, 5.41) is 15.4. The second kappa shape index (κ2) is 7.22. The molecular weight excluding hydrogens is 268 g/mol.